The molecule has 0 bridgehead atoms. The number of alkyl halides is 1. The van der Waals surface area contributed by atoms with Crippen LogP contribution in [0.5, 0.6) is 0 Å². The number of halogens is 1. The van der Waals surface area contributed by atoms with Gasteiger partial charge in [-0.1, -0.05) is 0 Å². The molecule has 2 aliphatic rings. The third-order valence-corrected chi connectivity index (χ3v) is 3.93. The number of hydrogen-bond donors (Lipinski definition) is 0. The number of nitrogens with zero attached hydrogens (tertiary/aromatic N) is 3. The predicted molar refractivity (Wildman–Crippen MR) is 64.9 cm³/mol. The summed E-state index contributed by atoms with van der Waals surface area (Å²) in [7, 11) is 1.95. The van der Waals surface area contributed by atoms with Crippen LogP contribution in [0.4, 0.5) is 10.2 Å². The smallest absolute Gasteiger partial charge is 0.132 e. The van der Waals surface area contributed by atoms with E-state index in [0.717, 1.165) is 24.4 Å². The fourth-order valence-corrected chi connectivity index (χ4v) is 2.66. The average molecular weight is 235 g/mol. The molecule has 2 fully saturated rings. The van der Waals surface area contributed by atoms with Crippen LogP contribution in [0.2, 0.25) is 0 Å². The van der Waals surface area contributed by atoms with Gasteiger partial charge in [0.1, 0.15) is 18.3 Å². The number of hydrogen-bond acceptors (Lipinski definition) is 3. The van der Waals surface area contributed by atoms with E-state index in [1.807, 2.05) is 18.0 Å². The monoisotopic (exact) mass is 235 g/mol. The first-order valence-corrected chi connectivity index (χ1v) is 6.44. The van der Waals surface area contributed by atoms with E-state index < -0.39 is 6.17 Å². The van der Waals surface area contributed by atoms with E-state index in [1.165, 1.54) is 12.8 Å². The molecule has 3 nitrogen and oxygen atoms in total. The Morgan fingerprint density at radius 3 is 2.71 bits per heavy atom. The molecular weight excluding hydrogens is 217 g/mol. The summed E-state index contributed by atoms with van der Waals surface area (Å²) >= 11 is 0. The van der Waals surface area contributed by atoms with Gasteiger partial charge in [0, 0.05) is 24.7 Å². The summed E-state index contributed by atoms with van der Waals surface area (Å²) in [5.41, 5.74) is 1.12. The summed E-state index contributed by atoms with van der Waals surface area (Å²) in [5, 5.41) is 0. The zero-order chi connectivity index (χ0) is 11.8. The molecule has 0 radical (unpaired) electrons. The van der Waals surface area contributed by atoms with Crippen molar-refractivity contribution < 1.29 is 4.39 Å². The molecule has 2 atom stereocenters. The summed E-state index contributed by atoms with van der Waals surface area (Å²) in [6, 6.07) is 2.03. The van der Waals surface area contributed by atoms with E-state index in [9.17, 15) is 4.39 Å². The Morgan fingerprint density at radius 2 is 2.06 bits per heavy atom. The fraction of sp³-hybridized carbons (Fsp3) is 0.692. The summed E-state index contributed by atoms with van der Waals surface area (Å²) in [6.07, 6.45) is 5.97. The van der Waals surface area contributed by atoms with Gasteiger partial charge in [-0.2, -0.15) is 0 Å². The second-order valence-corrected chi connectivity index (χ2v) is 5.20. The van der Waals surface area contributed by atoms with Gasteiger partial charge in [0.15, 0.2) is 0 Å². The van der Waals surface area contributed by atoms with E-state index in [0.29, 0.717) is 12.3 Å². The van der Waals surface area contributed by atoms with Crippen molar-refractivity contribution in [2.24, 2.45) is 0 Å². The van der Waals surface area contributed by atoms with Gasteiger partial charge in [-0.15, -0.1) is 0 Å². The van der Waals surface area contributed by atoms with Crippen molar-refractivity contribution in [1.82, 2.24) is 9.97 Å². The molecule has 1 heterocycles. The minimum Gasteiger partial charge on any atom is -0.354 e. The fourth-order valence-electron chi connectivity index (χ4n) is 2.66. The van der Waals surface area contributed by atoms with Crippen molar-refractivity contribution in [3.63, 3.8) is 0 Å². The number of aromatic nitrogens is 2. The van der Waals surface area contributed by atoms with Gasteiger partial charge in [-0.05, 0) is 32.1 Å². The Bertz CT molecular complexity index is 405. The molecule has 0 amide bonds. The van der Waals surface area contributed by atoms with E-state index in [-0.39, 0.29) is 6.04 Å². The third-order valence-electron chi connectivity index (χ3n) is 3.93. The molecule has 0 saturated heterocycles. The SMILES string of the molecule is CN(c1cc(C2CC2)ncn1)[C@@H]1CCC[C@H]1F. The lowest BCUT2D eigenvalue weighted by Crippen LogP contribution is -2.36. The highest BCUT2D eigenvalue weighted by Crippen LogP contribution is 2.39. The first kappa shape index (κ1) is 10.9. The summed E-state index contributed by atoms with van der Waals surface area (Å²) < 4.78 is 13.7. The van der Waals surface area contributed by atoms with E-state index >= 15 is 0 Å². The van der Waals surface area contributed by atoms with Crippen molar-refractivity contribution in [3.05, 3.63) is 18.1 Å². The second-order valence-electron chi connectivity index (χ2n) is 5.20. The van der Waals surface area contributed by atoms with Crippen LogP contribution in [-0.4, -0.2) is 29.2 Å². The number of anilines is 1. The minimum absolute atomic E-state index is 0.00282. The first-order valence-electron chi connectivity index (χ1n) is 6.44. The van der Waals surface area contributed by atoms with Gasteiger partial charge < -0.3 is 4.90 Å². The highest BCUT2D eigenvalue weighted by atomic mass is 19.1. The van der Waals surface area contributed by atoms with Crippen molar-refractivity contribution >= 4 is 5.82 Å². The molecule has 3 rings (SSSR count). The maximum atomic E-state index is 13.7. The highest BCUT2D eigenvalue weighted by Gasteiger charge is 2.32. The largest absolute Gasteiger partial charge is 0.354 e. The van der Waals surface area contributed by atoms with Crippen LogP contribution in [0, 0.1) is 0 Å². The molecule has 2 saturated carbocycles. The van der Waals surface area contributed by atoms with Gasteiger partial charge in [-0.25, -0.2) is 14.4 Å². The Kier molecular flexibility index (Phi) is 2.73. The van der Waals surface area contributed by atoms with E-state index in [4.69, 9.17) is 0 Å². The quantitative estimate of drug-likeness (QED) is 0.806. The van der Waals surface area contributed by atoms with Gasteiger partial charge in [0.05, 0.1) is 6.04 Å². The Morgan fingerprint density at radius 1 is 1.24 bits per heavy atom. The molecule has 0 spiro atoms. The van der Waals surface area contributed by atoms with Crippen molar-refractivity contribution in [2.75, 3.05) is 11.9 Å². The lowest BCUT2D eigenvalue weighted by molar-refractivity contribution is 0.306. The summed E-state index contributed by atoms with van der Waals surface area (Å²) in [5.74, 6) is 1.49. The standard InChI is InChI=1S/C13H18FN3/c1-17(12-4-2-3-10(12)14)13-7-11(9-5-6-9)15-8-16-13/h7-10,12H,2-6H2,1H3/t10-,12-/m1/s1. The zero-order valence-electron chi connectivity index (χ0n) is 10.1. The van der Waals surface area contributed by atoms with Crippen LogP contribution in [0.1, 0.15) is 43.7 Å². The van der Waals surface area contributed by atoms with Crippen LogP contribution in [0.3, 0.4) is 0 Å². The maximum Gasteiger partial charge on any atom is 0.132 e. The normalized spacial score (nSPS) is 28.4. The van der Waals surface area contributed by atoms with Crippen molar-refractivity contribution in [1.29, 1.82) is 0 Å². The van der Waals surface area contributed by atoms with E-state index in [1.54, 1.807) is 6.33 Å². The molecule has 0 aliphatic heterocycles. The molecular formula is C13H18FN3. The van der Waals surface area contributed by atoms with Crippen molar-refractivity contribution in [2.45, 2.75) is 50.2 Å². The molecule has 2 aliphatic carbocycles. The Hall–Kier alpha value is -1.19. The molecule has 17 heavy (non-hydrogen) atoms. The van der Waals surface area contributed by atoms with Gasteiger partial charge >= 0.3 is 0 Å². The van der Waals surface area contributed by atoms with Gasteiger partial charge in [0.2, 0.25) is 0 Å². The number of rotatable bonds is 3. The van der Waals surface area contributed by atoms with Gasteiger partial charge in [0.25, 0.3) is 0 Å². The van der Waals surface area contributed by atoms with Crippen LogP contribution in [0.25, 0.3) is 0 Å². The molecule has 1 aromatic rings. The topological polar surface area (TPSA) is 29.0 Å². The third kappa shape index (κ3) is 2.13. The van der Waals surface area contributed by atoms with Crippen LogP contribution < -0.4 is 4.90 Å². The molecule has 0 aromatic carbocycles. The zero-order valence-corrected chi connectivity index (χ0v) is 10.1. The predicted octanol–water partition coefficient (Wildman–Crippen LogP) is 2.68. The van der Waals surface area contributed by atoms with Crippen LogP contribution >= 0.6 is 0 Å². The lowest BCUT2D eigenvalue weighted by atomic mass is 10.2. The van der Waals surface area contributed by atoms with Crippen LogP contribution in [-0.2, 0) is 0 Å². The Balaban J connectivity index is 1.80. The lowest BCUT2D eigenvalue weighted by Gasteiger charge is -2.27. The summed E-state index contributed by atoms with van der Waals surface area (Å²) in [6.45, 7) is 0. The average Bonchev–Trinajstić information content (AvgIpc) is 3.12. The Labute approximate surface area is 101 Å². The molecule has 1 aromatic heterocycles. The maximum absolute atomic E-state index is 13.7. The second kappa shape index (κ2) is 4.24. The minimum atomic E-state index is -0.709. The molecule has 0 N–H and O–H groups in total. The molecule has 92 valence electrons. The highest BCUT2D eigenvalue weighted by molar-refractivity contribution is 5.41. The first-order chi connectivity index (χ1) is 8.25. The summed E-state index contributed by atoms with van der Waals surface area (Å²) in [4.78, 5) is 10.6. The molecule has 0 unspecified atom stereocenters. The van der Waals surface area contributed by atoms with Crippen molar-refractivity contribution in [3.8, 4) is 0 Å². The molecule has 4 heteroatoms. The van der Waals surface area contributed by atoms with Crippen LogP contribution in [0.15, 0.2) is 12.4 Å². The van der Waals surface area contributed by atoms with Gasteiger partial charge in [-0.3, -0.25) is 0 Å². The van der Waals surface area contributed by atoms with E-state index in [2.05, 4.69) is 9.97 Å².